The van der Waals surface area contributed by atoms with Crippen LogP contribution in [0.3, 0.4) is 0 Å². The first kappa shape index (κ1) is 19.3. The fraction of sp³-hybridized carbons (Fsp3) is 0.556. The van der Waals surface area contributed by atoms with Gasteiger partial charge in [-0.05, 0) is 50.5 Å². The number of benzene rings is 1. The van der Waals surface area contributed by atoms with Gasteiger partial charge in [-0.3, -0.25) is 9.59 Å². The van der Waals surface area contributed by atoms with Gasteiger partial charge < -0.3 is 9.80 Å². The summed E-state index contributed by atoms with van der Waals surface area (Å²) in [6.07, 6.45) is 1.54. The van der Waals surface area contributed by atoms with E-state index < -0.39 is 0 Å². The summed E-state index contributed by atoms with van der Waals surface area (Å²) in [5, 5.41) is 0.608. The van der Waals surface area contributed by atoms with Crippen molar-refractivity contribution in [1.82, 2.24) is 9.80 Å². The number of amides is 1. The van der Waals surface area contributed by atoms with E-state index in [4.69, 9.17) is 11.6 Å². The molecule has 132 valence electrons. The van der Waals surface area contributed by atoms with Gasteiger partial charge in [0.25, 0.3) is 0 Å². The maximum Gasteiger partial charge on any atom is 0.223 e. The SMILES string of the molecule is CN(C)CC1CSCCCN1C(=O)CCC(=O)c1ccc(Cl)cc1. The molecule has 1 aromatic rings. The quantitative estimate of drug-likeness (QED) is 0.723. The number of rotatable bonds is 6. The monoisotopic (exact) mass is 368 g/mol. The Balaban J connectivity index is 1.93. The highest BCUT2D eigenvalue weighted by Gasteiger charge is 2.26. The van der Waals surface area contributed by atoms with Gasteiger partial charge in [0.2, 0.25) is 5.91 Å². The average Bonchev–Trinajstić information content (AvgIpc) is 2.78. The lowest BCUT2D eigenvalue weighted by Crippen LogP contribution is -2.46. The highest BCUT2D eigenvalue weighted by atomic mass is 35.5. The Kier molecular flexibility index (Phi) is 7.59. The minimum absolute atomic E-state index is 0.00614. The topological polar surface area (TPSA) is 40.6 Å². The minimum Gasteiger partial charge on any atom is -0.338 e. The van der Waals surface area contributed by atoms with Crippen molar-refractivity contribution in [3.63, 3.8) is 0 Å². The van der Waals surface area contributed by atoms with Crippen LogP contribution >= 0.6 is 23.4 Å². The number of Topliss-reactive ketones (excluding diaryl/α,β-unsaturated/α-hetero) is 1. The molecule has 1 fully saturated rings. The molecule has 0 saturated carbocycles. The second kappa shape index (κ2) is 9.44. The molecule has 1 saturated heterocycles. The first-order valence-electron chi connectivity index (χ1n) is 8.28. The number of hydrogen-bond acceptors (Lipinski definition) is 4. The van der Waals surface area contributed by atoms with Crippen LogP contribution in [0.25, 0.3) is 0 Å². The molecule has 0 spiro atoms. The van der Waals surface area contributed by atoms with Crippen LogP contribution in [-0.4, -0.2) is 66.2 Å². The lowest BCUT2D eigenvalue weighted by atomic mass is 10.1. The van der Waals surface area contributed by atoms with E-state index in [0.29, 0.717) is 10.6 Å². The Labute approximate surface area is 153 Å². The van der Waals surface area contributed by atoms with Crippen molar-refractivity contribution in [3.8, 4) is 0 Å². The van der Waals surface area contributed by atoms with E-state index in [2.05, 4.69) is 4.90 Å². The maximum absolute atomic E-state index is 12.7. The van der Waals surface area contributed by atoms with E-state index >= 15 is 0 Å². The van der Waals surface area contributed by atoms with Gasteiger partial charge >= 0.3 is 0 Å². The van der Waals surface area contributed by atoms with Crippen LogP contribution in [0.15, 0.2) is 24.3 Å². The molecule has 1 amide bonds. The maximum atomic E-state index is 12.7. The van der Waals surface area contributed by atoms with E-state index in [1.54, 1.807) is 24.3 Å². The number of carbonyl (C=O) groups excluding carboxylic acids is 2. The molecule has 0 bridgehead atoms. The zero-order chi connectivity index (χ0) is 17.5. The van der Waals surface area contributed by atoms with Crippen molar-refractivity contribution in [2.75, 3.05) is 38.7 Å². The van der Waals surface area contributed by atoms with Crippen molar-refractivity contribution in [1.29, 1.82) is 0 Å². The number of carbonyl (C=O) groups is 2. The molecule has 24 heavy (non-hydrogen) atoms. The summed E-state index contributed by atoms with van der Waals surface area (Å²) in [4.78, 5) is 29.0. The minimum atomic E-state index is -0.00614. The van der Waals surface area contributed by atoms with Gasteiger partial charge in [0.15, 0.2) is 5.78 Å². The summed E-state index contributed by atoms with van der Waals surface area (Å²) in [6, 6.07) is 7.07. The zero-order valence-electron chi connectivity index (χ0n) is 14.3. The molecule has 1 heterocycles. The second-order valence-corrected chi connectivity index (χ2v) is 7.95. The molecule has 1 atom stereocenters. The lowest BCUT2D eigenvalue weighted by Gasteiger charge is -2.31. The number of thioether (sulfide) groups is 1. The Bertz CT molecular complexity index is 563. The molecule has 0 radical (unpaired) electrons. The van der Waals surface area contributed by atoms with Crippen LogP contribution in [0.2, 0.25) is 5.02 Å². The van der Waals surface area contributed by atoms with Gasteiger partial charge in [-0.1, -0.05) is 11.6 Å². The normalized spacial score (nSPS) is 18.5. The Hall–Kier alpha value is -1.04. The first-order chi connectivity index (χ1) is 11.5. The van der Waals surface area contributed by atoms with E-state index in [9.17, 15) is 9.59 Å². The molecule has 2 rings (SSSR count). The second-order valence-electron chi connectivity index (χ2n) is 6.36. The van der Waals surface area contributed by atoms with Crippen molar-refractivity contribution >= 4 is 35.1 Å². The first-order valence-corrected chi connectivity index (χ1v) is 9.81. The molecule has 0 N–H and O–H groups in total. The molecular weight excluding hydrogens is 344 g/mol. The Morgan fingerprint density at radius 1 is 1.25 bits per heavy atom. The van der Waals surface area contributed by atoms with E-state index in [1.807, 2.05) is 30.8 Å². The van der Waals surface area contributed by atoms with Crippen molar-refractivity contribution in [2.45, 2.75) is 25.3 Å². The number of hydrogen-bond donors (Lipinski definition) is 0. The van der Waals surface area contributed by atoms with Crippen LogP contribution in [0.1, 0.15) is 29.6 Å². The van der Waals surface area contributed by atoms with Gasteiger partial charge in [0, 0.05) is 42.3 Å². The third kappa shape index (κ3) is 5.80. The van der Waals surface area contributed by atoms with E-state index in [-0.39, 0.29) is 30.6 Å². The Morgan fingerprint density at radius 2 is 1.96 bits per heavy atom. The highest BCUT2D eigenvalue weighted by Crippen LogP contribution is 2.19. The van der Waals surface area contributed by atoms with Gasteiger partial charge in [0.1, 0.15) is 0 Å². The lowest BCUT2D eigenvalue weighted by molar-refractivity contribution is -0.133. The van der Waals surface area contributed by atoms with Crippen LogP contribution in [0.4, 0.5) is 0 Å². The third-order valence-electron chi connectivity index (χ3n) is 4.07. The molecule has 1 unspecified atom stereocenters. The van der Waals surface area contributed by atoms with Crippen molar-refractivity contribution in [3.05, 3.63) is 34.9 Å². The van der Waals surface area contributed by atoms with Crippen molar-refractivity contribution in [2.24, 2.45) is 0 Å². The van der Waals surface area contributed by atoms with Gasteiger partial charge in [-0.15, -0.1) is 0 Å². The van der Waals surface area contributed by atoms with E-state index in [0.717, 1.165) is 31.0 Å². The molecule has 4 nitrogen and oxygen atoms in total. The largest absolute Gasteiger partial charge is 0.338 e. The fourth-order valence-corrected chi connectivity index (χ4v) is 4.06. The fourth-order valence-electron chi connectivity index (χ4n) is 2.87. The van der Waals surface area contributed by atoms with Crippen LogP contribution in [-0.2, 0) is 4.79 Å². The number of likely N-dealkylation sites (N-methyl/N-ethyl adjacent to an activating group) is 1. The molecule has 0 aliphatic carbocycles. The van der Waals surface area contributed by atoms with Crippen molar-refractivity contribution < 1.29 is 9.59 Å². The third-order valence-corrected chi connectivity index (χ3v) is 5.52. The molecule has 1 aromatic carbocycles. The molecule has 1 aliphatic rings. The molecular formula is C18H25ClN2O2S. The summed E-state index contributed by atoms with van der Waals surface area (Å²) in [7, 11) is 4.06. The molecule has 6 heteroatoms. The average molecular weight is 369 g/mol. The summed E-state index contributed by atoms with van der Waals surface area (Å²) >= 11 is 7.75. The highest BCUT2D eigenvalue weighted by molar-refractivity contribution is 7.99. The summed E-state index contributed by atoms with van der Waals surface area (Å²) in [6.45, 7) is 1.66. The Morgan fingerprint density at radius 3 is 2.62 bits per heavy atom. The zero-order valence-corrected chi connectivity index (χ0v) is 15.9. The van der Waals surface area contributed by atoms with Gasteiger partial charge in [-0.2, -0.15) is 11.8 Å². The predicted octanol–water partition coefficient (Wildman–Crippen LogP) is 3.20. The summed E-state index contributed by atoms with van der Waals surface area (Å²) in [5.41, 5.74) is 0.614. The van der Waals surface area contributed by atoms with Crippen LogP contribution in [0, 0.1) is 0 Å². The van der Waals surface area contributed by atoms with Crippen LogP contribution in [0.5, 0.6) is 0 Å². The molecule has 1 aliphatic heterocycles. The van der Waals surface area contributed by atoms with E-state index in [1.165, 1.54) is 0 Å². The van der Waals surface area contributed by atoms with Gasteiger partial charge in [-0.25, -0.2) is 0 Å². The standard InChI is InChI=1S/C18H25ClN2O2S/c1-20(2)12-16-13-24-11-3-10-21(16)18(23)9-8-17(22)14-4-6-15(19)7-5-14/h4-7,16H,3,8-13H2,1-2H3. The smallest absolute Gasteiger partial charge is 0.223 e. The summed E-state index contributed by atoms with van der Waals surface area (Å²) in [5.74, 6) is 2.15. The molecule has 0 aromatic heterocycles. The number of nitrogens with zero attached hydrogens (tertiary/aromatic N) is 2. The summed E-state index contributed by atoms with van der Waals surface area (Å²) < 4.78 is 0. The predicted molar refractivity (Wildman–Crippen MR) is 101 cm³/mol. The number of ketones is 1. The van der Waals surface area contributed by atoms with Gasteiger partial charge in [0.05, 0.1) is 6.04 Å². The van der Waals surface area contributed by atoms with Crippen LogP contribution < -0.4 is 0 Å². The number of halogens is 1.